The number of benzene rings is 2. The van der Waals surface area contributed by atoms with Gasteiger partial charge in [0.2, 0.25) is 0 Å². The van der Waals surface area contributed by atoms with Crippen molar-refractivity contribution in [3.8, 4) is 5.75 Å². The van der Waals surface area contributed by atoms with Gasteiger partial charge in [-0.25, -0.2) is 9.78 Å². The van der Waals surface area contributed by atoms with Gasteiger partial charge in [-0.3, -0.25) is 0 Å². The van der Waals surface area contributed by atoms with E-state index in [1.54, 1.807) is 18.2 Å². The third-order valence-electron chi connectivity index (χ3n) is 3.53. The summed E-state index contributed by atoms with van der Waals surface area (Å²) in [7, 11) is 3.30. The summed E-state index contributed by atoms with van der Waals surface area (Å²) in [5, 5.41) is 0. The van der Waals surface area contributed by atoms with Gasteiger partial charge in [-0.15, -0.1) is 0 Å². The van der Waals surface area contributed by atoms with Crippen molar-refractivity contribution in [3.63, 3.8) is 0 Å². The average Bonchev–Trinajstić information content (AvgIpc) is 2.89. The minimum Gasteiger partial charge on any atom is -0.485 e. The predicted octanol–water partition coefficient (Wildman–Crippen LogP) is 2.94. The van der Waals surface area contributed by atoms with E-state index in [1.807, 2.05) is 41.9 Å². The molecule has 5 heteroatoms. The number of methoxy groups -OCH3 is 1. The van der Waals surface area contributed by atoms with E-state index < -0.39 is 5.97 Å². The zero-order valence-corrected chi connectivity index (χ0v) is 12.4. The fourth-order valence-corrected chi connectivity index (χ4v) is 2.34. The number of aryl methyl sites for hydroxylation is 1. The van der Waals surface area contributed by atoms with E-state index in [0.717, 1.165) is 16.9 Å². The maximum atomic E-state index is 11.7. The first-order chi connectivity index (χ1) is 10.7. The number of nitrogens with zero attached hydrogens (tertiary/aromatic N) is 2. The molecule has 3 aromatic rings. The van der Waals surface area contributed by atoms with Crippen LogP contribution in [0.15, 0.2) is 48.5 Å². The Morgan fingerprint density at radius 1 is 1.14 bits per heavy atom. The number of ether oxygens (including phenoxy) is 2. The Morgan fingerprint density at radius 2 is 1.86 bits per heavy atom. The molecule has 0 saturated heterocycles. The quantitative estimate of drug-likeness (QED) is 0.695. The van der Waals surface area contributed by atoms with Crippen LogP contribution in [-0.2, 0) is 18.4 Å². The van der Waals surface area contributed by atoms with Crippen molar-refractivity contribution in [2.24, 2.45) is 7.05 Å². The van der Waals surface area contributed by atoms with E-state index in [9.17, 15) is 4.79 Å². The van der Waals surface area contributed by atoms with Crippen LogP contribution in [0.3, 0.4) is 0 Å². The van der Waals surface area contributed by atoms with Crippen LogP contribution in [0.2, 0.25) is 0 Å². The second-order valence-electron chi connectivity index (χ2n) is 4.85. The molecule has 0 fully saturated rings. The molecule has 5 nitrogen and oxygen atoms in total. The third kappa shape index (κ3) is 2.53. The van der Waals surface area contributed by atoms with E-state index >= 15 is 0 Å². The summed E-state index contributed by atoms with van der Waals surface area (Å²) in [6.45, 7) is 0.277. The Balaban J connectivity index is 1.86. The molecular formula is C17H16N2O3. The number of fused-ring (bicyclic) bond motifs is 1. The van der Waals surface area contributed by atoms with Crippen LogP contribution in [0.4, 0.5) is 0 Å². The van der Waals surface area contributed by atoms with Gasteiger partial charge in [-0.2, -0.15) is 0 Å². The summed E-state index contributed by atoms with van der Waals surface area (Å²) in [6.07, 6.45) is 0. The molecule has 0 atom stereocenters. The molecule has 0 aliphatic carbocycles. The highest BCUT2D eigenvalue weighted by molar-refractivity contribution is 5.92. The highest BCUT2D eigenvalue weighted by atomic mass is 16.5. The molecule has 0 aliphatic heterocycles. The molecule has 0 saturated carbocycles. The van der Waals surface area contributed by atoms with Gasteiger partial charge in [-0.05, 0) is 24.3 Å². The molecule has 2 aromatic carbocycles. The molecular weight excluding hydrogens is 280 g/mol. The van der Waals surface area contributed by atoms with Gasteiger partial charge in [0, 0.05) is 7.05 Å². The summed E-state index contributed by atoms with van der Waals surface area (Å²) in [5.41, 5.74) is 2.37. The second-order valence-corrected chi connectivity index (χ2v) is 4.85. The first-order valence-corrected chi connectivity index (χ1v) is 6.91. The van der Waals surface area contributed by atoms with Gasteiger partial charge in [0.05, 0.1) is 18.1 Å². The SMILES string of the molecule is COC(=O)c1ccccc1OCc1nc2ccccc2n1C. The fourth-order valence-electron chi connectivity index (χ4n) is 2.34. The normalized spacial score (nSPS) is 10.6. The lowest BCUT2D eigenvalue weighted by atomic mass is 10.2. The van der Waals surface area contributed by atoms with E-state index in [2.05, 4.69) is 4.98 Å². The topological polar surface area (TPSA) is 53.4 Å². The summed E-state index contributed by atoms with van der Waals surface area (Å²) in [5.74, 6) is 0.864. The standard InChI is InChI=1S/C17H16N2O3/c1-19-14-9-5-4-8-13(14)18-16(19)11-22-15-10-6-3-7-12(15)17(20)21-2/h3-10H,11H2,1-2H3. The van der Waals surface area contributed by atoms with Gasteiger partial charge in [0.25, 0.3) is 0 Å². The van der Waals surface area contributed by atoms with Crippen molar-refractivity contribution >= 4 is 17.0 Å². The van der Waals surface area contributed by atoms with Crippen molar-refractivity contribution in [1.82, 2.24) is 9.55 Å². The van der Waals surface area contributed by atoms with Gasteiger partial charge in [-0.1, -0.05) is 24.3 Å². The van der Waals surface area contributed by atoms with Crippen LogP contribution in [0.25, 0.3) is 11.0 Å². The highest BCUT2D eigenvalue weighted by Crippen LogP contribution is 2.21. The molecule has 22 heavy (non-hydrogen) atoms. The highest BCUT2D eigenvalue weighted by Gasteiger charge is 2.13. The first-order valence-electron chi connectivity index (χ1n) is 6.91. The summed E-state index contributed by atoms with van der Waals surface area (Å²) >= 11 is 0. The minimum absolute atomic E-state index is 0.277. The molecule has 3 rings (SSSR count). The van der Waals surface area contributed by atoms with Gasteiger partial charge in [0.1, 0.15) is 23.7 Å². The predicted molar refractivity (Wildman–Crippen MR) is 82.8 cm³/mol. The maximum absolute atomic E-state index is 11.7. The summed E-state index contributed by atoms with van der Waals surface area (Å²) < 4.78 is 12.5. The molecule has 0 amide bonds. The lowest BCUT2D eigenvalue weighted by Gasteiger charge is -2.10. The Hall–Kier alpha value is -2.82. The van der Waals surface area contributed by atoms with Crippen molar-refractivity contribution < 1.29 is 14.3 Å². The molecule has 112 valence electrons. The van der Waals surface area contributed by atoms with E-state index in [0.29, 0.717) is 11.3 Å². The van der Waals surface area contributed by atoms with Crippen LogP contribution in [0, 0.1) is 0 Å². The number of hydrogen-bond acceptors (Lipinski definition) is 4. The van der Waals surface area contributed by atoms with Crippen LogP contribution < -0.4 is 4.74 Å². The van der Waals surface area contributed by atoms with Crippen molar-refractivity contribution in [1.29, 1.82) is 0 Å². The number of rotatable bonds is 4. The van der Waals surface area contributed by atoms with E-state index in [1.165, 1.54) is 7.11 Å². The van der Waals surface area contributed by atoms with Crippen molar-refractivity contribution in [2.75, 3.05) is 7.11 Å². The van der Waals surface area contributed by atoms with Crippen molar-refractivity contribution in [3.05, 3.63) is 59.9 Å². The molecule has 0 radical (unpaired) electrons. The molecule has 0 bridgehead atoms. The monoisotopic (exact) mass is 296 g/mol. The van der Waals surface area contributed by atoms with Crippen LogP contribution in [0.5, 0.6) is 5.75 Å². The smallest absolute Gasteiger partial charge is 0.341 e. The van der Waals surface area contributed by atoms with Crippen molar-refractivity contribution in [2.45, 2.75) is 6.61 Å². The molecule has 0 unspecified atom stereocenters. The minimum atomic E-state index is -0.416. The van der Waals surface area contributed by atoms with Gasteiger partial charge < -0.3 is 14.0 Å². The van der Waals surface area contributed by atoms with Crippen LogP contribution in [-0.4, -0.2) is 22.6 Å². The van der Waals surface area contributed by atoms with E-state index in [-0.39, 0.29) is 6.61 Å². The Morgan fingerprint density at radius 3 is 2.64 bits per heavy atom. The molecule has 0 spiro atoms. The number of aromatic nitrogens is 2. The maximum Gasteiger partial charge on any atom is 0.341 e. The molecule has 0 N–H and O–H groups in total. The number of para-hydroxylation sites is 3. The van der Waals surface area contributed by atoms with E-state index in [4.69, 9.17) is 9.47 Å². The van der Waals surface area contributed by atoms with Crippen LogP contribution in [0.1, 0.15) is 16.2 Å². The fraction of sp³-hybridized carbons (Fsp3) is 0.176. The third-order valence-corrected chi connectivity index (χ3v) is 3.53. The zero-order chi connectivity index (χ0) is 15.5. The lowest BCUT2D eigenvalue weighted by molar-refractivity contribution is 0.0595. The average molecular weight is 296 g/mol. The number of carbonyl (C=O) groups is 1. The number of imidazole rings is 1. The molecule has 1 aromatic heterocycles. The van der Waals surface area contributed by atoms with Gasteiger partial charge in [0.15, 0.2) is 0 Å². The number of carbonyl (C=O) groups excluding carboxylic acids is 1. The second kappa shape index (κ2) is 5.89. The summed E-state index contributed by atoms with van der Waals surface area (Å²) in [6, 6.07) is 14.9. The first kappa shape index (κ1) is 14.1. The Bertz CT molecular complexity index is 824. The number of hydrogen-bond donors (Lipinski definition) is 0. The Labute approximate surface area is 128 Å². The zero-order valence-electron chi connectivity index (χ0n) is 12.4. The molecule has 0 aliphatic rings. The van der Waals surface area contributed by atoms with Crippen LogP contribution >= 0.6 is 0 Å². The lowest BCUT2D eigenvalue weighted by Crippen LogP contribution is -2.08. The largest absolute Gasteiger partial charge is 0.485 e. The molecule has 1 heterocycles. The summed E-state index contributed by atoms with van der Waals surface area (Å²) in [4.78, 5) is 16.3. The number of esters is 1. The Kier molecular flexibility index (Phi) is 3.78. The van der Waals surface area contributed by atoms with Gasteiger partial charge >= 0.3 is 5.97 Å².